The predicted molar refractivity (Wildman–Crippen MR) is 117 cm³/mol. The molecule has 3 aromatic carbocycles. The molecule has 0 amide bonds. The van der Waals surface area contributed by atoms with E-state index in [0.717, 1.165) is 16.8 Å². The molecule has 0 aliphatic carbocycles. The number of rotatable bonds is 5. The Bertz CT molecular complexity index is 1150. The van der Waals surface area contributed by atoms with Gasteiger partial charge in [0.25, 0.3) is 0 Å². The summed E-state index contributed by atoms with van der Waals surface area (Å²) in [5, 5.41) is 1.09. The van der Waals surface area contributed by atoms with Crippen molar-refractivity contribution in [3.05, 3.63) is 86.3 Å². The van der Waals surface area contributed by atoms with E-state index in [1.54, 1.807) is 30.5 Å². The minimum atomic E-state index is -3.97. The van der Waals surface area contributed by atoms with Crippen molar-refractivity contribution >= 4 is 61.2 Å². The number of nitrogens with zero attached hydrogens (tertiary/aromatic N) is 1. The second-order valence-electron chi connectivity index (χ2n) is 5.82. The highest BCUT2D eigenvalue weighted by atomic mass is 79.9. The standard InChI is InChI=1S/C20H14BrCl2NO3S/c1-13-18(23)3-2-4-19(13)24-12-14-5-10-20(17(21)11-14)27-28(25,26)16-8-6-15(22)7-9-16/h2-12H,1H3. The van der Waals surface area contributed by atoms with E-state index < -0.39 is 10.1 Å². The molecule has 0 heterocycles. The van der Waals surface area contributed by atoms with Crippen molar-refractivity contribution in [2.45, 2.75) is 11.8 Å². The van der Waals surface area contributed by atoms with E-state index >= 15 is 0 Å². The summed E-state index contributed by atoms with van der Waals surface area (Å²) in [5.74, 6) is 0.172. The van der Waals surface area contributed by atoms with Crippen LogP contribution >= 0.6 is 39.1 Å². The zero-order valence-corrected chi connectivity index (χ0v) is 18.5. The molecule has 8 heteroatoms. The zero-order chi connectivity index (χ0) is 20.3. The highest BCUT2D eigenvalue weighted by molar-refractivity contribution is 9.10. The quantitative estimate of drug-likeness (QED) is 0.294. The molecule has 28 heavy (non-hydrogen) atoms. The molecule has 0 unspecified atom stereocenters. The Kier molecular flexibility index (Phi) is 6.45. The third-order valence-electron chi connectivity index (χ3n) is 3.85. The second kappa shape index (κ2) is 8.66. The molecule has 0 saturated carbocycles. The Morgan fingerprint density at radius 2 is 1.75 bits per heavy atom. The van der Waals surface area contributed by atoms with Crippen molar-refractivity contribution < 1.29 is 12.6 Å². The summed E-state index contributed by atoms with van der Waals surface area (Å²) < 4.78 is 30.5. The molecule has 0 fully saturated rings. The van der Waals surface area contributed by atoms with Crippen LogP contribution in [0.3, 0.4) is 0 Å². The number of hydrogen-bond acceptors (Lipinski definition) is 4. The van der Waals surface area contributed by atoms with Gasteiger partial charge in [0.15, 0.2) is 5.75 Å². The van der Waals surface area contributed by atoms with Crippen LogP contribution < -0.4 is 4.18 Å². The van der Waals surface area contributed by atoms with Gasteiger partial charge in [-0.3, -0.25) is 4.99 Å². The summed E-state index contributed by atoms with van der Waals surface area (Å²) in [4.78, 5) is 4.46. The number of aliphatic imine (C=N–C) groups is 1. The molecule has 3 aromatic rings. The van der Waals surface area contributed by atoms with Crippen molar-refractivity contribution in [1.29, 1.82) is 0 Å². The Balaban J connectivity index is 1.81. The van der Waals surface area contributed by atoms with Crippen LogP contribution in [-0.2, 0) is 10.1 Å². The highest BCUT2D eigenvalue weighted by Gasteiger charge is 2.18. The highest BCUT2D eigenvalue weighted by Crippen LogP contribution is 2.30. The molecule has 0 radical (unpaired) electrons. The fourth-order valence-electron chi connectivity index (χ4n) is 2.31. The molecule has 3 rings (SSSR count). The third kappa shape index (κ3) is 4.94. The molecule has 0 saturated heterocycles. The average molecular weight is 499 g/mol. The first-order valence-corrected chi connectivity index (χ1v) is 11.0. The average Bonchev–Trinajstić information content (AvgIpc) is 2.65. The van der Waals surface area contributed by atoms with Crippen molar-refractivity contribution in [2.24, 2.45) is 4.99 Å². The largest absolute Gasteiger partial charge is 0.378 e. The van der Waals surface area contributed by atoms with E-state index in [2.05, 4.69) is 20.9 Å². The van der Waals surface area contributed by atoms with E-state index in [1.165, 1.54) is 24.3 Å². The van der Waals surface area contributed by atoms with Crippen molar-refractivity contribution in [1.82, 2.24) is 0 Å². The summed E-state index contributed by atoms with van der Waals surface area (Å²) in [7, 11) is -3.97. The molecule has 0 N–H and O–H groups in total. The maximum Gasteiger partial charge on any atom is 0.339 e. The van der Waals surface area contributed by atoms with Crippen LogP contribution in [0.25, 0.3) is 0 Å². The number of halogens is 3. The molecule has 144 valence electrons. The molecular formula is C20H14BrCl2NO3S. The van der Waals surface area contributed by atoms with E-state index in [0.29, 0.717) is 14.5 Å². The summed E-state index contributed by atoms with van der Waals surface area (Å²) in [6.07, 6.45) is 1.67. The Hall–Kier alpha value is -1.86. The molecule has 0 aliphatic heterocycles. The van der Waals surface area contributed by atoms with Gasteiger partial charge in [-0.1, -0.05) is 29.3 Å². The Morgan fingerprint density at radius 3 is 2.43 bits per heavy atom. The fraction of sp³-hybridized carbons (Fsp3) is 0.0500. The van der Waals surface area contributed by atoms with Crippen LogP contribution in [0.2, 0.25) is 10.0 Å². The van der Waals surface area contributed by atoms with E-state index in [-0.39, 0.29) is 10.6 Å². The first-order chi connectivity index (χ1) is 13.3. The van der Waals surface area contributed by atoms with Gasteiger partial charge >= 0.3 is 10.1 Å². The SMILES string of the molecule is Cc1c(Cl)cccc1N=Cc1ccc(OS(=O)(=O)c2ccc(Cl)cc2)c(Br)c1. The lowest BCUT2D eigenvalue weighted by Crippen LogP contribution is -2.10. The van der Waals surface area contributed by atoms with Gasteiger partial charge in [0.05, 0.1) is 10.2 Å². The van der Waals surface area contributed by atoms with Gasteiger partial charge in [-0.05, 0) is 88.6 Å². The van der Waals surface area contributed by atoms with Gasteiger partial charge in [0, 0.05) is 16.3 Å². The van der Waals surface area contributed by atoms with Gasteiger partial charge in [-0.2, -0.15) is 8.42 Å². The zero-order valence-electron chi connectivity index (χ0n) is 14.6. The van der Waals surface area contributed by atoms with Gasteiger partial charge in [-0.15, -0.1) is 0 Å². The molecule has 4 nitrogen and oxygen atoms in total. The third-order valence-corrected chi connectivity index (χ3v) is 6.38. The lowest BCUT2D eigenvalue weighted by atomic mass is 10.2. The van der Waals surface area contributed by atoms with Gasteiger partial charge in [0.1, 0.15) is 4.90 Å². The predicted octanol–water partition coefficient (Wildman–Crippen LogP) is 6.58. The minimum absolute atomic E-state index is 0.0193. The molecule has 0 spiro atoms. The number of benzene rings is 3. The Morgan fingerprint density at radius 1 is 1.04 bits per heavy atom. The molecule has 0 atom stereocenters. The molecule has 0 bridgehead atoms. The summed E-state index contributed by atoms with van der Waals surface area (Å²) >= 11 is 15.2. The fourth-order valence-corrected chi connectivity index (χ4v) is 4.14. The summed E-state index contributed by atoms with van der Waals surface area (Å²) in [5.41, 5.74) is 2.41. The Labute approximate surface area is 182 Å². The normalized spacial score (nSPS) is 11.7. The first kappa shape index (κ1) is 20.9. The van der Waals surface area contributed by atoms with Crippen molar-refractivity contribution in [3.63, 3.8) is 0 Å². The van der Waals surface area contributed by atoms with Gasteiger partial charge in [-0.25, -0.2) is 0 Å². The molecule has 0 aromatic heterocycles. The summed E-state index contributed by atoms with van der Waals surface area (Å²) in [6, 6.07) is 16.2. The van der Waals surface area contributed by atoms with Crippen LogP contribution in [0, 0.1) is 6.92 Å². The van der Waals surface area contributed by atoms with Gasteiger partial charge < -0.3 is 4.18 Å². The maximum absolute atomic E-state index is 12.4. The summed E-state index contributed by atoms with van der Waals surface area (Å²) in [6.45, 7) is 1.89. The van der Waals surface area contributed by atoms with E-state index in [9.17, 15) is 8.42 Å². The lowest BCUT2D eigenvalue weighted by molar-refractivity contribution is 0.484. The van der Waals surface area contributed by atoms with Crippen LogP contribution in [0.1, 0.15) is 11.1 Å². The maximum atomic E-state index is 12.4. The first-order valence-electron chi connectivity index (χ1n) is 8.05. The van der Waals surface area contributed by atoms with Crippen molar-refractivity contribution in [3.8, 4) is 5.75 Å². The topological polar surface area (TPSA) is 55.7 Å². The smallest absolute Gasteiger partial charge is 0.339 e. The minimum Gasteiger partial charge on any atom is -0.378 e. The van der Waals surface area contributed by atoms with Crippen LogP contribution in [-0.4, -0.2) is 14.6 Å². The monoisotopic (exact) mass is 497 g/mol. The van der Waals surface area contributed by atoms with Gasteiger partial charge in [0.2, 0.25) is 0 Å². The van der Waals surface area contributed by atoms with E-state index in [1.807, 2.05) is 19.1 Å². The number of hydrogen-bond donors (Lipinski definition) is 0. The van der Waals surface area contributed by atoms with Crippen LogP contribution in [0.5, 0.6) is 5.75 Å². The molecular weight excluding hydrogens is 485 g/mol. The van der Waals surface area contributed by atoms with Crippen LogP contribution in [0.4, 0.5) is 5.69 Å². The van der Waals surface area contributed by atoms with Crippen molar-refractivity contribution in [2.75, 3.05) is 0 Å². The van der Waals surface area contributed by atoms with Crippen LogP contribution in [0.15, 0.2) is 75.0 Å². The molecule has 0 aliphatic rings. The second-order valence-corrected chi connectivity index (χ2v) is 9.07. The van der Waals surface area contributed by atoms with E-state index in [4.69, 9.17) is 27.4 Å². The lowest BCUT2D eigenvalue weighted by Gasteiger charge is -2.09.